The lowest BCUT2D eigenvalue weighted by Crippen LogP contribution is -2.34. The van der Waals surface area contributed by atoms with Gasteiger partial charge >= 0.3 is 5.97 Å². The summed E-state index contributed by atoms with van der Waals surface area (Å²) < 4.78 is 15.2. The number of carbonyl (C=O) groups excluding carboxylic acids is 3. The Kier molecular flexibility index (Phi) is 4.98. The van der Waals surface area contributed by atoms with Gasteiger partial charge in [0.1, 0.15) is 5.75 Å². The van der Waals surface area contributed by atoms with Crippen molar-refractivity contribution in [1.82, 2.24) is 5.32 Å². The van der Waals surface area contributed by atoms with Crippen LogP contribution in [0.5, 0.6) is 5.75 Å². The average molecular weight is 353 g/mol. The first-order chi connectivity index (χ1) is 12.6. The maximum atomic E-state index is 12.3. The second kappa shape index (κ2) is 7.52. The van der Waals surface area contributed by atoms with Gasteiger partial charge in [-0.15, -0.1) is 0 Å². The Hall–Kier alpha value is -3.61. The molecule has 0 spiro atoms. The van der Waals surface area contributed by atoms with E-state index < -0.39 is 24.4 Å². The quantitative estimate of drug-likeness (QED) is 0.709. The van der Waals surface area contributed by atoms with Crippen LogP contribution < -0.4 is 10.1 Å². The van der Waals surface area contributed by atoms with Crippen molar-refractivity contribution in [1.29, 1.82) is 0 Å². The van der Waals surface area contributed by atoms with Crippen molar-refractivity contribution in [2.24, 2.45) is 0 Å². The number of methoxy groups -OCH3 is 1. The van der Waals surface area contributed by atoms with E-state index in [-0.39, 0.29) is 5.76 Å². The molecule has 7 nitrogen and oxygen atoms in total. The van der Waals surface area contributed by atoms with E-state index in [0.717, 1.165) is 5.39 Å². The number of furan rings is 1. The fraction of sp³-hybridized carbons (Fsp3) is 0.105. The van der Waals surface area contributed by atoms with Gasteiger partial charge in [0.15, 0.2) is 12.4 Å². The lowest BCUT2D eigenvalue weighted by molar-refractivity contribution is -0.123. The summed E-state index contributed by atoms with van der Waals surface area (Å²) in [6.45, 7) is -0.592. The third kappa shape index (κ3) is 3.56. The second-order valence-electron chi connectivity index (χ2n) is 5.29. The summed E-state index contributed by atoms with van der Waals surface area (Å²) in [5, 5.41) is 3.47. The highest BCUT2D eigenvalue weighted by Gasteiger charge is 2.17. The molecule has 1 heterocycles. The predicted molar refractivity (Wildman–Crippen MR) is 92.0 cm³/mol. The molecule has 26 heavy (non-hydrogen) atoms. The summed E-state index contributed by atoms with van der Waals surface area (Å²) in [5.74, 6) is -1.52. The zero-order valence-corrected chi connectivity index (χ0v) is 13.9. The van der Waals surface area contributed by atoms with Crippen LogP contribution in [0.15, 0.2) is 59.2 Å². The van der Waals surface area contributed by atoms with Crippen LogP contribution in [0.3, 0.4) is 0 Å². The normalized spacial score (nSPS) is 10.3. The molecule has 7 heteroatoms. The zero-order chi connectivity index (χ0) is 18.5. The number of hydrogen-bond acceptors (Lipinski definition) is 6. The number of carbonyl (C=O) groups is 3. The van der Waals surface area contributed by atoms with E-state index in [1.165, 1.54) is 18.4 Å². The van der Waals surface area contributed by atoms with Gasteiger partial charge in [0, 0.05) is 5.39 Å². The molecule has 3 rings (SSSR count). The minimum atomic E-state index is -0.752. The molecule has 0 unspecified atom stereocenters. The standard InChI is InChI=1S/C19H15NO6/c1-24-15-9-8-14(12-5-2-3-6-13(12)15)19(23)26-11-17(21)20-18(22)16-7-4-10-25-16/h2-10H,11H2,1H3,(H,20,21,22). The van der Waals surface area contributed by atoms with Crippen LogP contribution in [0.25, 0.3) is 10.8 Å². The summed E-state index contributed by atoms with van der Waals surface area (Å²) in [6.07, 6.45) is 1.31. The van der Waals surface area contributed by atoms with Crippen LogP contribution >= 0.6 is 0 Å². The molecule has 1 aromatic heterocycles. The number of imide groups is 1. The Bertz CT molecular complexity index is 961. The molecule has 0 aliphatic heterocycles. The Balaban J connectivity index is 1.68. The van der Waals surface area contributed by atoms with Crippen LogP contribution in [0.4, 0.5) is 0 Å². The van der Waals surface area contributed by atoms with Crippen LogP contribution in [0.2, 0.25) is 0 Å². The topological polar surface area (TPSA) is 94.8 Å². The van der Waals surface area contributed by atoms with Gasteiger partial charge in [0.2, 0.25) is 0 Å². The van der Waals surface area contributed by atoms with Gasteiger partial charge in [0.05, 0.1) is 18.9 Å². The summed E-state index contributed by atoms with van der Waals surface area (Å²) in [6, 6.07) is 13.3. The SMILES string of the molecule is COc1ccc(C(=O)OCC(=O)NC(=O)c2ccco2)c2ccccc12. The van der Waals surface area contributed by atoms with E-state index in [1.807, 2.05) is 12.1 Å². The van der Waals surface area contributed by atoms with Crippen molar-refractivity contribution in [2.75, 3.05) is 13.7 Å². The van der Waals surface area contributed by atoms with Gasteiger partial charge in [-0.3, -0.25) is 14.9 Å². The number of ether oxygens (including phenoxy) is 2. The molecule has 1 N–H and O–H groups in total. The van der Waals surface area contributed by atoms with Crippen LogP contribution in [0, 0.1) is 0 Å². The largest absolute Gasteiger partial charge is 0.496 e. The molecule has 0 saturated heterocycles. The number of benzene rings is 2. The van der Waals surface area contributed by atoms with E-state index in [1.54, 1.807) is 31.4 Å². The first-order valence-corrected chi connectivity index (χ1v) is 7.70. The van der Waals surface area contributed by atoms with Crippen molar-refractivity contribution in [3.8, 4) is 5.75 Å². The fourth-order valence-corrected chi connectivity index (χ4v) is 2.47. The van der Waals surface area contributed by atoms with Crippen molar-refractivity contribution >= 4 is 28.6 Å². The monoisotopic (exact) mass is 353 g/mol. The van der Waals surface area contributed by atoms with Crippen LogP contribution in [-0.4, -0.2) is 31.5 Å². The average Bonchev–Trinajstić information content (AvgIpc) is 3.20. The van der Waals surface area contributed by atoms with E-state index in [9.17, 15) is 14.4 Å². The molecule has 0 fully saturated rings. The zero-order valence-electron chi connectivity index (χ0n) is 13.9. The van der Waals surface area contributed by atoms with Gasteiger partial charge in [-0.1, -0.05) is 24.3 Å². The fourth-order valence-electron chi connectivity index (χ4n) is 2.47. The van der Waals surface area contributed by atoms with Gasteiger partial charge in [-0.25, -0.2) is 4.79 Å². The first-order valence-electron chi connectivity index (χ1n) is 7.70. The molecule has 0 aliphatic carbocycles. The number of nitrogens with one attached hydrogen (secondary N) is 1. The van der Waals surface area contributed by atoms with Gasteiger partial charge in [0.25, 0.3) is 11.8 Å². The Labute approximate surface area is 148 Å². The molecule has 0 saturated carbocycles. The van der Waals surface area contributed by atoms with E-state index in [0.29, 0.717) is 16.7 Å². The lowest BCUT2D eigenvalue weighted by Gasteiger charge is -2.10. The van der Waals surface area contributed by atoms with E-state index >= 15 is 0 Å². The predicted octanol–water partition coefficient (Wildman–Crippen LogP) is 2.55. The maximum absolute atomic E-state index is 12.3. The number of amides is 2. The number of hydrogen-bond donors (Lipinski definition) is 1. The molecular weight excluding hydrogens is 338 g/mol. The van der Waals surface area contributed by atoms with Crippen molar-refractivity contribution < 1.29 is 28.3 Å². The summed E-state index contributed by atoms with van der Waals surface area (Å²) in [4.78, 5) is 35.8. The minimum Gasteiger partial charge on any atom is -0.496 e. The highest BCUT2D eigenvalue weighted by Crippen LogP contribution is 2.28. The first kappa shape index (κ1) is 17.2. The highest BCUT2D eigenvalue weighted by molar-refractivity contribution is 6.07. The Morgan fingerprint density at radius 3 is 2.46 bits per heavy atom. The third-order valence-electron chi connectivity index (χ3n) is 3.66. The van der Waals surface area contributed by atoms with Crippen molar-refractivity contribution in [3.05, 3.63) is 66.1 Å². The molecule has 2 amide bonds. The molecule has 0 bridgehead atoms. The molecule has 3 aromatic rings. The van der Waals surface area contributed by atoms with E-state index in [2.05, 4.69) is 5.32 Å². The Morgan fingerprint density at radius 1 is 1.00 bits per heavy atom. The van der Waals surface area contributed by atoms with E-state index in [4.69, 9.17) is 13.9 Å². The molecule has 132 valence electrons. The van der Waals surface area contributed by atoms with Crippen molar-refractivity contribution in [3.63, 3.8) is 0 Å². The highest BCUT2D eigenvalue weighted by atomic mass is 16.5. The minimum absolute atomic E-state index is 0.00850. The lowest BCUT2D eigenvalue weighted by atomic mass is 10.0. The second-order valence-corrected chi connectivity index (χ2v) is 5.29. The maximum Gasteiger partial charge on any atom is 0.339 e. The number of esters is 1. The molecule has 2 aromatic carbocycles. The smallest absolute Gasteiger partial charge is 0.339 e. The molecular formula is C19H15NO6. The van der Waals surface area contributed by atoms with Gasteiger partial charge < -0.3 is 13.9 Å². The number of rotatable bonds is 5. The van der Waals surface area contributed by atoms with Crippen molar-refractivity contribution in [2.45, 2.75) is 0 Å². The molecule has 0 radical (unpaired) electrons. The van der Waals surface area contributed by atoms with Crippen LogP contribution in [0.1, 0.15) is 20.9 Å². The van der Waals surface area contributed by atoms with Gasteiger partial charge in [-0.05, 0) is 29.7 Å². The third-order valence-corrected chi connectivity index (χ3v) is 3.66. The molecule has 0 aliphatic rings. The molecule has 0 atom stereocenters. The summed E-state index contributed by atoms with van der Waals surface area (Å²) in [5.41, 5.74) is 0.298. The van der Waals surface area contributed by atoms with Gasteiger partial charge in [-0.2, -0.15) is 0 Å². The summed E-state index contributed by atoms with van der Waals surface area (Å²) in [7, 11) is 1.54. The number of fused-ring (bicyclic) bond motifs is 1. The Morgan fingerprint density at radius 2 is 1.77 bits per heavy atom. The van der Waals surface area contributed by atoms with Crippen LogP contribution in [-0.2, 0) is 9.53 Å². The summed E-state index contributed by atoms with van der Waals surface area (Å²) >= 11 is 0.